The molecule has 0 radical (unpaired) electrons. The summed E-state index contributed by atoms with van der Waals surface area (Å²) in [7, 11) is 2.06. The second kappa shape index (κ2) is 11.9. The van der Waals surface area contributed by atoms with Gasteiger partial charge in [0.15, 0.2) is 5.96 Å². The number of ether oxygens (including phenoxy) is 1. The maximum absolute atomic E-state index is 5.94. The monoisotopic (exact) mass is 466 g/mol. The highest BCUT2D eigenvalue weighted by Gasteiger charge is 2.10. The summed E-state index contributed by atoms with van der Waals surface area (Å²) in [6.07, 6.45) is 0. The second-order valence-corrected chi connectivity index (χ2v) is 6.11. The van der Waals surface area contributed by atoms with E-state index in [1.807, 2.05) is 12.1 Å². The van der Waals surface area contributed by atoms with Crippen LogP contribution in [0.4, 0.5) is 0 Å². The molecule has 1 heterocycles. The van der Waals surface area contributed by atoms with Crippen LogP contribution >= 0.6 is 35.6 Å². The molecule has 1 fully saturated rings. The van der Waals surface area contributed by atoms with Crippen molar-refractivity contribution in [1.82, 2.24) is 15.1 Å². The molecule has 0 amide bonds. The van der Waals surface area contributed by atoms with Crippen LogP contribution in [-0.4, -0.2) is 68.7 Å². The number of nitrogens with zero attached hydrogens (tertiary/aromatic N) is 3. The summed E-state index contributed by atoms with van der Waals surface area (Å²) in [5, 5.41) is 4.12. The predicted octanol–water partition coefficient (Wildman–Crippen LogP) is 2.69. The van der Waals surface area contributed by atoms with E-state index < -0.39 is 0 Å². The normalized spacial score (nSPS) is 15.7. The molecule has 0 aromatic heterocycles. The van der Waals surface area contributed by atoms with Crippen molar-refractivity contribution >= 4 is 41.5 Å². The number of nitrogens with one attached hydrogen (secondary N) is 1. The van der Waals surface area contributed by atoms with Crippen LogP contribution in [-0.2, 0) is 11.3 Å². The van der Waals surface area contributed by atoms with E-state index in [1.54, 1.807) is 0 Å². The first kappa shape index (κ1) is 21.5. The summed E-state index contributed by atoms with van der Waals surface area (Å²) in [5.74, 6) is 0.940. The Kier molecular flexibility index (Phi) is 10.6. The van der Waals surface area contributed by atoms with Gasteiger partial charge in [0.1, 0.15) is 0 Å². The summed E-state index contributed by atoms with van der Waals surface area (Å²) in [6.45, 7) is 9.22. The Bertz CT molecular complexity index is 492. The van der Waals surface area contributed by atoms with Crippen molar-refractivity contribution in [3.63, 3.8) is 0 Å². The summed E-state index contributed by atoms with van der Waals surface area (Å²) >= 11 is 5.94. The molecule has 1 N–H and O–H groups in total. The lowest BCUT2D eigenvalue weighted by Crippen LogP contribution is -2.40. The smallest absolute Gasteiger partial charge is 0.194 e. The standard InChI is InChI=1S/C17H27ClN4O.HI/c1-3-19-17(20-8-9-22-10-12-23-13-11-22)21(2)14-15-4-6-16(18)7-5-15;/h4-7H,3,8-14H2,1-2H3,(H,19,20);1H. The fourth-order valence-electron chi connectivity index (χ4n) is 2.53. The van der Waals surface area contributed by atoms with Crippen LogP contribution in [0.1, 0.15) is 12.5 Å². The molecule has 1 aromatic rings. The van der Waals surface area contributed by atoms with Gasteiger partial charge >= 0.3 is 0 Å². The average Bonchev–Trinajstić information content (AvgIpc) is 2.57. The topological polar surface area (TPSA) is 40.1 Å². The Morgan fingerprint density at radius 3 is 2.58 bits per heavy atom. The SMILES string of the molecule is CCNC(=NCCN1CCOCC1)N(C)Cc1ccc(Cl)cc1.I. The molecule has 0 bridgehead atoms. The Labute approximate surface area is 167 Å². The third kappa shape index (κ3) is 7.55. The van der Waals surface area contributed by atoms with E-state index in [0.29, 0.717) is 0 Å². The average molecular weight is 467 g/mol. The molecule has 1 aromatic carbocycles. The van der Waals surface area contributed by atoms with E-state index in [0.717, 1.165) is 63.5 Å². The second-order valence-electron chi connectivity index (χ2n) is 5.67. The maximum Gasteiger partial charge on any atom is 0.194 e. The minimum absolute atomic E-state index is 0. The number of benzene rings is 1. The van der Waals surface area contributed by atoms with Gasteiger partial charge in [0.2, 0.25) is 0 Å². The van der Waals surface area contributed by atoms with Crippen molar-refractivity contribution in [2.45, 2.75) is 13.5 Å². The molecule has 1 aliphatic heterocycles. The molecule has 7 heteroatoms. The maximum atomic E-state index is 5.94. The zero-order valence-electron chi connectivity index (χ0n) is 14.5. The first-order valence-electron chi connectivity index (χ1n) is 8.23. The third-order valence-electron chi connectivity index (χ3n) is 3.81. The Balaban J connectivity index is 0.00000288. The molecule has 0 unspecified atom stereocenters. The van der Waals surface area contributed by atoms with E-state index >= 15 is 0 Å². The van der Waals surface area contributed by atoms with Crippen LogP contribution < -0.4 is 5.32 Å². The van der Waals surface area contributed by atoms with Crippen LogP contribution in [0.15, 0.2) is 29.3 Å². The zero-order chi connectivity index (χ0) is 16.5. The predicted molar refractivity (Wildman–Crippen MR) is 112 cm³/mol. The number of guanidine groups is 1. The van der Waals surface area contributed by atoms with E-state index in [4.69, 9.17) is 21.3 Å². The lowest BCUT2D eigenvalue weighted by molar-refractivity contribution is 0.0394. The van der Waals surface area contributed by atoms with Gasteiger partial charge in [-0.3, -0.25) is 9.89 Å². The largest absolute Gasteiger partial charge is 0.379 e. The molecule has 0 atom stereocenters. The number of morpholine rings is 1. The first-order valence-corrected chi connectivity index (χ1v) is 8.61. The molecule has 1 aliphatic rings. The van der Waals surface area contributed by atoms with Crippen molar-refractivity contribution in [3.8, 4) is 0 Å². The molecular weight excluding hydrogens is 439 g/mol. The number of aliphatic imine (C=N–C) groups is 1. The van der Waals surface area contributed by atoms with Crippen molar-refractivity contribution < 1.29 is 4.74 Å². The van der Waals surface area contributed by atoms with Gasteiger partial charge in [-0.2, -0.15) is 0 Å². The van der Waals surface area contributed by atoms with E-state index in [-0.39, 0.29) is 24.0 Å². The van der Waals surface area contributed by atoms with Gasteiger partial charge in [0, 0.05) is 44.8 Å². The van der Waals surface area contributed by atoms with Gasteiger partial charge in [0.05, 0.1) is 19.8 Å². The summed E-state index contributed by atoms with van der Waals surface area (Å²) in [4.78, 5) is 9.29. The first-order chi connectivity index (χ1) is 11.2. The summed E-state index contributed by atoms with van der Waals surface area (Å²) in [5.41, 5.74) is 1.22. The molecule has 136 valence electrons. The molecular formula is C17H28ClIN4O. The van der Waals surface area contributed by atoms with Gasteiger partial charge in [0.25, 0.3) is 0 Å². The van der Waals surface area contributed by atoms with Gasteiger partial charge in [-0.25, -0.2) is 0 Å². The summed E-state index contributed by atoms with van der Waals surface area (Å²) < 4.78 is 5.37. The van der Waals surface area contributed by atoms with Crippen LogP contribution in [0.3, 0.4) is 0 Å². The highest BCUT2D eigenvalue weighted by Crippen LogP contribution is 2.11. The minimum Gasteiger partial charge on any atom is -0.379 e. The van der Waals surface area contributed by atoms with E-state index in [9.17, 15) is 0 Å². The number of hydrogen-bond acceptors (Lipinski definition) is 3. The molecule has 1 saturated heterocycles. The molecule has 2 rings (SSSR count). The Hall–Kier alpha value is -0.570. The summed E-state index contributed by atoms with van der Waals surface area (Å²) in [6, 6.07) is 7.95. The quantitative estimate of drug-likeness (QED) is 0.398. The van der Waals surface area contributed by atoms with Crippen LogP contribution in [0.2, 0.25) is 5.02 Å². The van der Waals surface area contributed by atoms with Gasteiger partial charge in [-0.05, 0) is 24.6 Å². The van der Waals surface area contributed by atoms with Gasteiger partial charge < -0.3 is 15.0 Å². The fourth-order valence-corrected chi connectivity index (χ4v) is 2.66. The van der Waals surface area contributed by atoms with Gasteiger partial charge in [-0.1, -0.05) is 23.7 Å². The van der Waals surface area contributed by atoms with Crippen molar-refractivity contribution in [3.05, 3.63) is 34.9 Å². The van der Waals surface area contributed by atoms with Crippen LogP contribution in [0.5, 0.6) is 0 Å². The lowest BCUT2D eigenvalue weighted by atomic mass is 10.2. The highest BCUT2D eigenvalue weighted by molar-refractivity contribution is 14.0. The minimum atomic E-state index is 0. The highest BCUT2D eigenvalue weighted by atomic mass is 127. The Morgan fingerprint density at radius 2 is 1.96 bits per heavy atom. The molecule has 5 nitrogen and oxygen atoms in total. The molecule has 24 heavy (non-hydrogen) atoms. The van der Waals surface area contributed by atoms with E-state index in [1.165, 1.54) is 5.56 Å². The fraction of sp³-hybridized carbons (Fsp3) is 0.588. The number of rotatable bonds is 6. The van der Waals surface area contributed by atoms with Crippen molar-refractivity contribution in [1.29, 1.82) is 0 Å². The van der Waals surface area contributed by atoms with Gasteiger partial charge in [-0.15, -0.1) is 24.0 Å². The van der Waals surface area contributed by atoms with E-state index in [2.05, 4.69) is 41.2 Å². The molecule has 0 aliphatic carbocycles. The molecule has 0 spiro atoms. The number of halogens is 2. The number of hydrogen-bond donors (Lipinski definition) is 1. The zero-order valence-corrected chi connectivity index (χ0v) is 17.6. The Morgan fingerprint density at radius 1 is 1.29 bits per heavy atom. The third-order valence-corrected chi connectivity index (χ3v) is 4.06. The van der Waals surface area contributed by atoms with Crippen molar-refractivity contribution in [2.24, 2.45) is 4.99 Å². The molecule has 0 saturated carbocycles. The van der Waals surface area contributed by atoms with Crippen molar-refractivity contribution in [2.75, 3.05) is 53.0 Å². The van der Waals surface area contributed by atoms with Crippen LogP contribution in [0.25, 0.3) is 0 Å². The van der Waals surface area contributed by atoms with Crippen LogP contribution in [0, 0.1) is 0 Å². The lowest BCUT2D eigenvalue weighted by Gasteiger charge is -2.26.